The molecular weight excluding hydrogens is 1080 g/mol. The lowest BCUT2D eigenvalue weighted by Gasteiger charge is -2.15. The van der Waals surface area contributed by atoms with Crippen LogP contribution in [0.1, 0.15) is 348 Å². The maximum atomic E-state index is 12.4. The van der Waals surface area contributed by atoms with Crippen LogP contribution < -0.4 is 0 Å². The van der Waals surface area contributed by atoms with Crippen LogP contribution in [0.5, 0.6) is 0 Å². The number of esters is 2. The first kappa shape index (κ1) is 83.8. The molecule has 5 nitrogen and oxygen atoms in total. The summed E-state index contributed by atoms with van der Waals surface area (Å²) in [6, 6.07) is 0. The fourth-order valence-electron chi connectivity index (χ4n) is 10.6. The van der Waals surface area contributed by atoms with E-state index in [9.17, 15) is 14.7 Å². The van der Waals surface area contributed by atoms with Gasteiger partial charge in [-0.15, -0.1) is 0 Å². The molecule has 0 aromatic heterocycles. The summed E-state index contributed by atoms with van der Waals surface area (Å²) in [4.78, 5) is 24.7. The Morgan fingerprint density at radius 2 is 0.489 bits per heavy atom. The first-order valence-corrected chi connectivity index (χ1v) is 37.4. The molecule has 1 unspecified atom stereocenters. The summed E-state index contributed by atoms with van der Waals surface area (Å²) in [5, 5.41) is 9.71. The maximum Gasteiger partial charge on any atom is 0.306 e. The Hall–Kier alpha value is -4.22. The molecule has 0 aliphatic rings. The Morgan fingerprint density at radius 1 is 0.273 bits per heavy atom. The normalized spacial score (nSPS) is 13.1. The van der Waals surface area contributed by atoms with Gasteiger partial charge in [-0.3, -0.25) is 9.59 Å². The number of allylic oxidation sites excluding steroid dienone is 24. The summed E-state index contributed by atoms with van der Waals surface area (Å²) in [6.07, 6.45) is 116. The van der Waals surface area contributed by atoms with Crippen LogP contribution in [0, 0.1) is 0 Å². The summed E-state index contributed by atoms with van der Waals surface area (Å²) in [5.41, 5.74) is 0. The second-order valence-electron chi connectivity index (χ2n) is 24.6. The molecule has 1 atom stereocenters. The van der Waals surface area contributed by atoms with Crippen molar-refractivity contribution in [3.05, 3.63) is 146 Å². The van der Waals surface area contributed by atoms with Crippen LogP contribution in [0.25, 0.3) is 0 Å². The highest BCUT2D eigenvalue weighted by atomic mass is 16.6. The van der Waals surface area contributed by atoms with E-state index >= 15 is 0 Å². The van der Waals surface area contributed by atoms with Gasteiger partial charge >= 0.3 is 11.9 Å². The summed E-state index contributed by atoms with van der Waals surface area (Å²) < 4.78 is 10.8. The zero-order valence-corrected chi connectivity index (χ0v) is 57.7. The number of hydrogen-bond acceptors (Lipinski definition) is 5. The Balaban J connectivity index is 3.50. The van der Waals surface area contributed by atoms with Crippen LogP contribution in [0.3, 0.4) is 0 Å². The van der Waals surface area contributed by atoms with E-state index in [1.807, 2.05) is 0 Å². The Bertz CT molecular complexity index is 1810. The molecule has 5 heteroatoms. The average molecular weight is 1220 g/mol. The van der Waals surface area contributed by atoms with Gasteiger partial charge in [-0.2, -0.15) is 0 Å². The Kier molecular flexibility index (Phi) is 73.3. The van der Waals surface area contributed by atoms with Gasteiger partial charge in [0.15, 0.2) is 6.10 Å². The lowest BCUT2D eigenvalue weighted by atomic mass is 10.0. The number of aliphatic hydroxyl groups excluding tert-OH is 1. The van der Waals surface area contributed by atoms with Gasteiger partial charge in [0.05, 0.1) is 6.61 Å². The zero-order valence-electron chi connectivity index (χ0n) is 57.7. The monoisotopic (exact) mass is 1220 g/mol. The Labute approximate surface area is 546 Å². The first-order chi connectivity index (χ1) is 43.6. The molecule has 0 aromatic rings. The van der Waals surface area contributed by atoms with Crippen molar-refractivity contribution in [2.75, 3.05) is 13.2 Å². The van der Waals surface area contributed by atoms with E-state index in [0.717, 1.165) is 116 Å². The van der Waals surface area contributed by atoms with Crippen LogP contribution in [0.15, 0.2) is 146 Å². The van der Waals surface area contributed by atoms with Crippen molar-refractivity contribution in [1.29, 1.82) is 0 Å². The molecule has 0 aliphatic carbocycles. The maximum absolute atomic E-state index is 12.4. The number of ether oxygens (including phenoxy) is 2. The molecule has 0 spiro atoms. The molecule has 0 bridgehead atoms. The van der Waals surface area contributed by atoms with Crippen molar-refractivity contribution in [2.45, 2.75) is 354 Å². The van der Waals surface area contributed by atoms with Crippen molar-refractivity contribution in [1.82, 2.24) is 0 Å². The largest absolute Gasteiger partial charge is 0.462 e. The molecule has 0 fully saturated rings. The third-order valence-electron chi connectivity index (χ3n) is 16.1. The van der Waals surface area contributed by atoms with Gasteiger partial charge in [0.25, 0.3) is 0 Å². The van der Waals surface area contributed by atoms with Crippen LogP contribution >= 0.6 is 0 Å². The number of carbonyl (C=O) groups excluding carboxylic acids is 2. The molecule has 0 radical (unpaired) electrons. The summed E-state index contributed by atoms with van der Waals surface area (Å²) >= 11 is 0. The van der Waals surface area contributed by atoms with Crippen LogP contribution in [0.4, 0.5) is 0 Å². The second kappa shape index (κ2) is 77.0. The lowest BCUT2D eigenvalue weighted by molar-refractivity contribution is -0.161. The molecule has 0 aliphatic heterocycles. The summed E-state index contributed by atoms with van der Waals surface area (Å²) in [6.45, 7) is 4.03. The molecule has 0 saturated carbocycles. The van der Waals surface area contributed by atoms with Gasteiger partial charge in [0.2, 0.25) is 0 Å². The second-order valence-corrected chi connectivity index (χ2v) is 24.6. The molecule has 0 heterocycles. The molecule has 0 aromatic carbocycles. The average Bonchev–Trinajstić information content (AvgIpc) is 3.54. The predicted molar refractivity (Wildman–Crippen MR) is 389 cm³/mol. The smallest absolute Gasteiger partial charge is 0.306 e. The number of carbonyl (C=O) groups is 2. The standard InChI is InChI=1S/C83H140O5/c1-3-5-7-9-11-13-15-17-19-21-23-25-27-29-31-33-35-37-39-40-41-42-44-45-47-49-51-53-55-57-59-61-63-65-67-69-71-73-75-77-82(85)87-80-81(79-84)88-83(86)78-76-74-72-70-68-66-64-62-60-58-56-54-52-50-48-46-43-38-36-34-32-30-28-26-24-22-20-18-16-14-12-10-8-6-4-2/h6,8,12,14-15,17-18,20-21,23-24,26-27,29-30,32,36,38,46,48,52,54,58,60,81,84H,3-5,7,9-11,13,16,19,22,25,28,31,33-35,37,39-45,47,49-51,53,55-57,59,61-80H2,1-2H3/b8-6-,14-12-,17-15-,20-18-,23-21-,26-24-,29-27-,32-30-,38-36-,48-46-,54-52-,60-58-. The van der Waals surface area contributed by atoms with Crippen LogP contribution in [0.2, 0.25) is 0 Å². The van der Waals surface area contributed by atoms with E-state index < -0.39 is 6.10 Å². The topological polar surface area (TPSA) is 72.8 Å². The molecule has 1 N–H and O–H groups in total. The van der Waals surface area contributed by atoms with E-state index in [4.69, 9.17) is 9.47 Å². The third kappa shape index (κ3) is 74.2. The first-order valence-electron chi connectivity index (χ1n) is 37.4. The van der Waals surface area contributed by atoms with Gasteiger partial charge < -0.3 is 14.6 Å². The number of unbranched alkanes of at least 4 members (excludes halogenated alkanes) is 36. The van der Waals surface area contributed by atoms with Crippen molar-refractivity contribution < 1.29 is 24.2 Å². The SMILES string of the molecule is CC/C=C\C/C=C\C/C=C\C/C=C\C/C=C\C/C=C\C/C=C\C/C=C\C/C=C\CCCCCCCCCC(=O)OC(CO)COC(=O)CCCCCCCCCCCCCCCCCCCCCCCCCC/C=C\C/C=C\C/C=C\CCCCCCC. The molecular formula is C83H140O5. The van der Waals surface area contributed by atoms with Gasteiger partial charge in [-0.1, -0.05) is 359 Å². The van der Waals surface area contributed by atoms with Gasteiger partial charge in [0, 0.05) is 12.8 Å². The summed E-state index contributed by atoms with van der Waals surface area (Å²) in [5.74, 6) is -0.598. The highest BCUT2D eigenvalue weighted by Gasteiger charge is 2.16. The fourth-order valence-corrected chi connectivity index (χ4v) is 10.6. The minimum atomic E-state index is -0.788. The van der Waals surface area contributed by atoms with Gasteiger partial charge in [0.1, 0.15) is 6.61 Å². The summed E-state index contributed by atoms with van der Waals surface area (Å²) in [7, 11) is 0. The number of aliphatic hydroxyl groups is 1. The fraction of sp³-hybridized carbons (Fsp3) is 0.687. The van der Waals surface area contributed by atoms with E-state index in [2.05, 4.69) is 160 Å². The molecule has 88 heavy (non-hydrogen) atoms. The highest BCUT2D eigenvalue weighted by Crippen LogP contribution is 2.18. The molecule has 0 amide bonds. The molecule has 502 valence electrons. The van der Waals surface area contributed by atoms with Gasteiger partial charge in [-0.25, -0.2) is 0 Å². The minimum Gasteiger partial charge on any atom is -0.462 e. The molecule has 0 rings (SSSR count). The van der Waals surface area contributed by atoms with Crippen LogP contribution in [-0.2, 0) is 19.1 Å². The number of hydrogen-bond donors (Lipinski definition) is 1. The minimum absolute atomic E-state index is 0.0750. The van der Waals surface area contributed by atoms with Crippen molar-refractivity contribution >= 4 is 11.9 Å². The van der Waals surface area contributed by atoms with Crippen molar-refractivity contribution in [2.24, 2.45) is 0 Å². The van der Waals surface area contributed by atoms with Crippen LogP contribution in [-0.4, -0.2) is 36.4 Å². The van der Waals surface area contributed by atoms with Gasteiger partial charge in [-0.05, 0) is 122 Å². The lowest BCUT2D eigenvalue weighted by Crippen LogP contribution is -2.28. The number of rotatable bonds is 68. The van der Waals surface area contributed by atoms with E-state index in [-0.39, 0.29) is 25.2 Å². The zero-order chi connectivity index (χ0) is 63.3. The van der Waals surface area contributed by atoms with E-state index in [1.165, 1.54) is 205 Å². The van der Waals surface area contributed by atoms with Crippen molar-refractivity contribution in [3.8, 4) is 0 Å². The third-order valence-corrected chi connectivity index (χ3v) is 16.1. The quantitative estimate of drug-likeness (QED) is 0.0373. The predicted octanol–water partition coefficient (Wildman–Crippen LogP) is 26.4. The van der Waals surface area contributed by atoms with E-state index in [0.29, 0.717) is 12.8 Å². The highest BCUT2D eigenvalue weighted by molar-refractivity contribution is 5.70. The molecule has 0 saturated heterocycles. The Morgan fingerprint density at radius 3 is 0.739 bits per heavy atom. The van der Waals surface area contributed by atoms with E-state index in [1.54, 1.807) is 0 Å². The van der Waals surface area contributed by atoms with Crippen molar-refractivity contribution in [3.63, 3.8) is 0 Å².